The Morgan fingerprint density at radius 2 is 1.85 bits per heavy atom. The molecule has 0 aliphatic carbocycles. The van der Waals surface area contributed by atoms with Crippen LogP contribution in [0.3, 0.4) is 0 Å². The number of hydrogen-bond acceptors (Lipinski definition) is 4. The minimum atomic E-state index is -0.138. The van der Waals surface area contributed by atoms with Crippen LogP contribution >= 0.6 is 0 Å². The summed E-state index contributed by atoms with van der Waals surface area (Å²) in [5.74, 6) is 1.34. The molecule has 2 heterocycles. The number of methoxy groups -OCH3 is 1. The molecule has 0 unspecified atom stereocenters. The molecular formula is C20H19N3O3. The number of likely N-dealkylation sites (tertiary alicyclic amines) is 1. The van der Waals surface area contributed by atoms with Crippen LogP contribution in [0.4, 0.5) is 10.5 Å². The predicted molar refractivity (Wildman–Crippen MR) is 99.7 cm³/mol. The number of rotatable bonds is 4. The van der Waals surface area contributed by atoms with Crippen molar-refractivity contribution in [3.63, 3.8) is 0 Å². The van der Waals surface area contributed by atoms with Gasteiger partial charge in [-0.1, -0.05) is 18.2 Å². The molecule has 4 rings (SSSR count). The number of urea groups is 1. The average Bonchev–Trinajstić information content (AvgIpc) is 2.64. The highest BCUT2D eigenvalue weighted by atomic mass is 16.5. The second kappa shape index (κ2) is 6.92. The molecule has 3 aromatic rings. The molecule has 2 aromatic carbocycles. The van der Waals surface area contributed by atoms with Crippen molar-refractivity contribution in [2.24, 2.45) is 0 Å². The van der Waals surface area contributed by atoms with E-state index in [2.05, 4.69) is 10.3 Å². The summed E-state index contributed by atoms with van der Waals surface area (Å²) in [7, 11) is 1.61. The molecule has 2 amide bonds. The number of pyridine rings is 1. The van der Waals surface area contributed by atoms with Gasteiger partial charge in [-0.15, -0.1) is 0 Å². The number of hydrogen-bond donors (Lipinski definition) is 1. The maximum absolute atomic E-state index is 12.2. The normalized spacial score (nSPS) is 14.0. The van der Waals surface area contributed by atoms with Crippen molar-refractivity contribution in [3.05, 3.63) is 60.7 Å². The van der Waals surface area contributed by atoms with Gasteiger partial charge in [0, 0.05) is 17.1 Å². The van der Waals surface area contributed by atoms with Crippen molar-refractivity contribution in [3.8, 4) is 11.6 Å². The zero-order valence-electron chi connectivity index (χ0n) is 14.4. The fraction of sp³-hybridized carbons (Fsp3) is 0.200. The zero-order chi connectivity index (χ0) is 17.9. The number of benzene rings is 2. The number of fused-ring (bicyclic) bond motifs is 1. The molecule has 0 atom stereocenters. The predicted octanol–water partition coefficient (Wildman–Crippen LogP) is 3.54. The number of carbonyl (C=O) groups excluding carboxylic acids is 1. The van der Waals surface area contributed by atoms with Crippen LogP contribution in [0, 0.1) is 0 Å². The van der Waals surface area contributed by atoms with Crippen molar-refractivity contribution >= 4 is 22.6 Å². The molecule has 0 bridgehead atoms. The SMILES string of the molecule is COc1ccc(NC(=O)N2CC(Oc3ccc4ccccc4n3)C2)cc1. The maximum Gasteiger partial charge on any atom is 0.322 e. The Morgan fingerprint density at radius 1 is 1.08 bits per heavy atom. The lowest BCUT2D eigenvalue weighted by Gasteiger charge is -2.38. The highest BCUT2D eigenvalue weighted by molar-refractivity contribution is 5.90. The number of nitrogens with one attached hydrogen (secondary N) is 1. The molecular weight excluding hydrogens is 330 g/mol. The van der Waals surface area contributed by atoms with E-state index in [0.717, 1.165) is 22.3 Å². The van der Waals surface area contributed by atoms with Crippen LogP contribution in [0.15, 0.2) is 60.7 Å². The van der Waals surface area contributed by atoms with Gasteiger partial charge in [0.05, 0.1) is 25.7 Å². The van der Waals surface area contributed by atoms with Crippen LogP contribution < -0.4 is 14.8 Å². The van der Waals surface area contributed by atoms with Crippen molar-refractivity contribution in [1.29, 1.82) is 0 Å². The largest absolute Gasteiger partial charge is 0.497 e. The lowest BCUT2D eigenvalue weighted by atomic mass is 10.2. The van der Waals surface area contributed by atoms with Crippen molar-refractivity contribution < 1.29 is 14.3 Å². The maximum atomic E-state index is 12.2. The zero-order valence-corrected chi connectivity index (χ0v) is 14.4. The van der Waals surface area contributed by atoms with Crippen molar-refractivity contribution in [1.82, 2.24) is 9.88 Å². The molecule has 1 N–H and O–H groups in total. The summed E-state index contributed by atoms with van der Waals surface area (Å²) in [5, 5.41) is 3.94. The second-order valence-electron chi connectivity index (χ2n) is 6.15. The second-order valence-corrected chi connectivity index (χ2v) is 6.15. The number of para-hydroxylation sites is 1. The van der Waals surface area contributed by atoms with E-state index in [0.29, 0.717) is 19.0 Å². The monoisotopic (exact) mass is 349 g/mol. The molecule has 26 heavy (non-hydrogen) atoms. The first-order valence-corrected chi connectivity index (χ1v) is 8.44. The highest BCUT2D eigenvalue weighted by Crippen LogP contribution is 2.21. The Hall–Kier alpha value is -3.28. The van der Waals surface area contributed by atoms with Crippen molar-refractivity contribution in [2.75, 3.05) is 25.5 Å². The van der Waals surface area contributed by atoms with Crippen LogP contribution in [0.1, 0.15) is 0 Å². The quantitative estimate of drug-likeness (QED) is 0.782. The van der Waals surface area contributed by atoms with E-state index >= 15 is 0 Å². The summed E-state index contributed by atoms with van der Waals surface area (Å²) in [6.07, 6.45) is -0.0368. The number of carbonyl (C=O) groups is 1. The number of anilines is 1. The van der Waals surface area contributed by atoms with E-state index < -0.39 is 0 Å². The number of nitrogens with zero attached hydrogens (tertiary/aromatic N) is 2. The molecule has 6 nitrogen and oxygen atoms in total. The van der Waals surface area contributed by atoms with E-state index in [1.54, 1.807) is 12.0 Å². The van der Waals surface area contributed by atoms with E-state index in [9.17, 15) is 4.79 Å². The molecule has 6 heteroatoms. The lowest BCUT2D eigenvalue weighted by molar-refractivity contribution is 0.0463. The van der Waals surface area contributed by atoms with Crippen LogP contribution in [0.25, 0.3) is 10.9 Å². The van der Waals surface area contributed by atoms with E-state index in [4.69, 9.17) is 9.47 Å². The van der Waals surface area contributed by atoms with Crippen LogP contribution in [-0.2, 0) is 0 Å². The Bertz CT molecular complexity index is 921. The molecule has 0 saturated carbocycles. The highest BCUT2D eigenvalue weighted by Gasteiger charge is 2.32. The van der Waals surface area contributed by atoms with Gasteiger partial charge in [-0.3, -0.25) is 0 Å². The average molecular weight is 349 g/mol. The fourth-order valence-electron chi connectivity index (χ4n) is 2.84. The van der Waals surface area contributed by atoms with Crippen LogP contribution in [0.2, 0.25) is 0 Å². The standard InChI is InChI=1S/C20H19N3O3/c1-25-16-9-7-15(8-10-16)21-20(24)23-12-17(13-23)26-19-11-6-14-4-2-3-5-18(14)22-19/h2-11,17H,12-13H2,1H3,(H,21,24). The van der Waals surface area contributed by atoms with Crippen molar-refractivity contribution in [2.45, 2.75) is 6.10 Å². The molecule has 1 fully saturated rings. The van der Waals surface area contributed by atoms with Gasteiger partial charge < -0.3 is 19.7 Å². The summed E-state index contributed by atoms with van der Waals surface area (Å²) in [6, 6.07) is 18.9. The minimum Gasteiger partial charge on any atom is -0.497 e. The van der Waals surface area contributed by atoms with Gasteiger partial charge in [-0.25, -0.2) is 9.78 Å². The number of ether oxygens (including phenoxy) is 2. The van der Waals surface area contributed by atoms with Gasteiger partial charge in [0.15, 0.2) is 0 Å². The summed E-state index contributed by atoms with van der Waals surface area (Å²) < 4.78 is 11.0. The molecule has 1 saturated heterocycles. The lowest BCUT2D eigenvalue weighted by Crippen LogP contribution is -2.57. The van der Waals surface area contributed by atoms with E-state index in [-0.39, 0.29) is 12.1 Å². The van der Waals surface area contributed by atoms with Gasteiger partial charge in [-0.2, -0.15) is 0 Å². The first kappa shape index (κ1) is 16.2. The molecule has 0 spiro atoms. The van der Waals surface area contributed by atoms with E-state index in [1.165, 1.54) is 0 Å². The number of amides is 2. The van der Waals surface area contributed by atoms with Gasteiger partial charge in [0.2, 0.25) is 5.88 Å². The van der Waals surface area contributed by atoms with Gasteiger partial charge in [0.1, 0.15) is 11.9 Å². The third-order valence-electron chi connectivity index (χ3n) is 4.34. The topological polar surface area (TPSA) is 63.7 Å². The molecule has 0 radical (unpaired) electrons. The molecule has 1 aromatic heterocycles. The Balaban J connectivity index is 1.30. The Labute approximate surface area is 151 Å². The molecule has 132 valence electrons. The summed E-state index contributed by atoms with van der Waals surface area (Å²) in [6.45, 7) is 1.08. The smallest absolute Gasteiger partial charge is 0.322 e. The Kier molecular flexibility index (Phi) is 4.31. The van der Waals surface area contributed by atoms with Gasteiger partial charge in [0.25, 0.3) is 0 Å². The summed E-state index contributed by atoms with van der Waals surface area (Å²) in [4.78, 5) is 18.4. The first-order valence-electron chi connectivity index (χ1n) is 8.44. The van der Waals surface area contributed by atoms with Gasteiger partial charge in [-0.05, 0) is 36.4 Å². The third kappa shape index (κ3) is 3.39. The summed E-state index contributed by atoms with van der Waals surface area (Å²) >= 11 is 0. The van der Waals surface area contributed by atoms with Gasteiger partial charge >= 0.3 is 6.03 Å². The third-order valence-corrected chi connectivity index (χ3v) is 4.34. The number of aromatic nitrogens is 1. The molecule has 1 aliphatic rings. The minimum absolute atomic E-state index is 0.0368. The van der Waals surface area contributed by atoms with E-state index in [1.807, 2.05) is 60.7 Å². The Morgan fingerprint density at radius 3 is 2.62 bits per heavy atom. The first-order chi connectivity index (χ1) is 12.7. The van der Waals surface area contributed by atoms with Crippen LogP contribution in [0.5, 0.6) is 11.6 Å². The molecule has 1 aliphatic heterocycles. The van der Waals surface area contributed by atoms with Crippen LogP contribution in [-0.4, -0.2) is 42.2 Å². The summed E-state index contributed by atoms with van der Waals surface area (Å²) in [5.41, 5.74) is 1.63. The fourth-order valence-corrected chi connectivity index (χ4v) is 2.84.